The van der Waals surface area contributed by atoms with Gasteiger partial charge in [0.2, 0.25) is 0 Å². The van der Waals surface area contributed by atoms with Crippen LogP contribution in [0.3, 0.4) is 0 Å². The lowest BCUT2D eigenvalue weighted by atomic mass is 10.1. The molecule has 2 aromatic rings. The summed E-state index contributed by atoms with van der Waals surface area (Å²) in [5.41, 5.74) is 1.48. The Morgan fingerprint density at radius 2 is 1.77 bits per heavy atom. The smallest absolute Gasteiger partial charge is 0.379 e. The average molecular weight is 555 g/mol. The molecule has 0 bridgehead atoms. The molecule has 1 aromatic heterocycles. The van der Waals surface area contributed by atoms with E-state index in [0.717, 1.165) is 55.1 Å². The fraction of sp³-hybridized carbons (Fsp3) is 0.474. The van der Waals surface area contributed by atoms with Gasteiger partial charge in [-0.1, -0.05) is 24.3 Å². The Balaban J connectivity index is 0.00000320. The van der Waals surface area contributed by atoms with Crippen molar-refractivity contribution in [3.63, 3.8) is 0 Å². The van der Waals surface area contributed by atoms with Crippen molar-refractivity contribution in [3.8, 4) is 0 Å². The van der Waals surface area contributed by atoms with E-state index >= 15 is 0 Å². The van der Waals surface area contributed by atoms with Crippen LogP contribution in [0, 0.1) is 0 Å². The van der Waals surface area contributed by atoms with Crippen molar-refractivity contribution in [3.05, 3.63) is 51.5 Å². The minimum Gasteiger partial charge on any atom is -0.379 e. The summed E-state index contributed by atoms with van der Waals surface area (Å²) < 4.78 is 43.2. The van der Waals surface area contributed by atoms with Gasteiger partial charge < -0.3 is 15.4 Å². The third-order valence-electron chi connectivity index (χ3n) is 4.47. The molecular weight excluding hydrogens is 530 g/mol. The van der Waals surface area contributed by atoms with Gasteiger partial charge >= 0.3 is 6.18 Å². The number of aromatic nitrogens is 1. The Morgan fingerprint density at radius 1 is 1.13 bits per heavy atom. The highest BCUT2D eigenvalue weighted by atomic mass is 127. The molecule has 0 radical (unpaired) electrons. The van der Waals surface area contributed by atoms with E-state index in [9.17, 15) is 13.2 Å². The van der Waals surface area contributed by atoms with E-state index in [-0.39, 0.29) is 30.5 Å². The maximum Gasteiger partial charge on any atom is 0.434 e. The molecule has 0 unspecified atom stereocenters. The summed E-state index contributed by atoms with van der Waals surface area (Å²) in [5, 5.41) is 7.52. The monoisotopic (exact) mass is 555 g/mol. The first-order valence-electron chi connectivity index (χ1n) is 9.28. The number of morpholine rings is 1. The summed E-state index contributed by atoms with van der Waals surface area (Å²) in [4.78, 5) is 10.1. The quantitative estimate of drug-likeness (QED) is 0.325. The van der Waals surface area contributed by atoms with Crippen LogP contribution in [-0.2, 0) is 30.5 Å². The van der Waals surface area contributed by atoms with Crippen LogP contribution in [0.4, 0.5) is 13.2 Å². The van der Waals surface area contributed by atoms with Crippen molar-refractivity contribution in [2.75, 3.05) is 33.4 Å². The van der Waals surface area contributed by atoms with Crippen LogP contribution in [0.25, 0.3) is 0 Å². The van der Waals surface area contributed by atoms with E-state index in [1.807, 2.05) is 0 Å². The van der Waals surface area contributed by atoms with E-state index < -0.39 is 11.9 Å². The van der Waals surface area contributed by atoms with Gasteiger partial charge in [-0.15, -0.1) is 35.3 Å². The molecule has 3 rings (SSSR count). The van der Waals surface area contributed by atoms with Crippen molar-refractivity contribution in [2.24, 2.45) is 4.99 Å². The number of rotatable bonds is 6. The third-order valence-corrected chi connectivity index (χ3v) is 5.31. The molecule has 1 aromatic carbocycles. The van der Waals surface area contributed by atoms with Crippen molar-refractivity contribution in [1.82, 2.24) is 20.5 Å². The van der Waals surface area contributed by atoms with E-state index in [0.29, 0.717) is 17.5 Å². The number of hydrogen-bond donors (Lipinski definition) is 2. The van der Waals surface area contributed by atoms with Crippen LogP contribution in [-0.4, -0.2) is 49.2 Å². The maximum atomic E-state index is 12.6. The second-order valence-electron chi connectivity index (χ2n) is 6.61. The average Bonchev–Trinajstić information content (AvgIpc) is 3.20. The number of nitrogens with zero attached hydrogens (tertiary/aromatic N) is 3. The van der Waals surface area contributed by atoms with Crippen molar-refractivity contribution in [2.45, 2.75) is 25.8 Å². The highest BCUT2D eigenvalue weighted by Crippen LogP contribution is 2.29. The highest BCUT2D eigenvalue weighted by Gasteiger charge is 2.33. The van der Waals surface area contributed by atoms with Crippen LogP contribution in [0.1, 0.15) is 21.8 Å². The number of halogens is 4. The number of guanidine groups is 1. The van der Waals surface area contributed by atoms with Crippen LogP contribution in [0.2, 0.25) is 0 Å². The van der Waals surface area contributed by atoms with Gasteiger partial charge in [-0.2, -0.15) is 13.2 Å². The van der Waals surface area contributed by atoms with Gasteiger partial charge in [-0.05, 0) is 11.1 Å². The lowest BCUT2D eigenvalue weighted by Gasteiger charge is -2.26. The number of alkyl halides is 3. The van der Waals surface area contributed by atoms with Gasteiger partial charge in [0.25, 0.3) is 0 Å². The van der Waals surface area contributed by atoms with E-state index in [4.69, 9.17) is 4.74 Å². The molecule has 1 saturated heterocycles. The van der Waals surface area contributed by atoms with Crippen molar-refractivity contribution in [1.29, 1.82) is 0 Å². The first-order chi connectivity index (χ1) is 13.9. The first-order valence-corrected chi connectivity index (χ1v) is 10.2. The molecule has 11 heteroatoms. The number of ether oxygens (including phenoxy) is 1. The number of nitrogens with one attached hydrogen (secondary N) is 2. The number of benzene rings is 1. The normalized spacial score (nSPS) is 15.5. The van der Waals surface area contributed by atoms with Gasteiger partial charge in [0, 0.05) is 38.6 Å². The fourth-order valence-corrected chi connectivity index (χ4v) is 3.61. The van der Waals surface area contributed by atoms with E-state index in [2.05, 4.69) is 49.8 Å². The summed E-state index contributed by atoms with van der Waals surface area (Å²) in [6.45, 7) is 5.12. The molecular formula is C19H25F3IN5OS. The van der Waals surface area contributed by atoms with Crippen molar-refractivity contribution >= 4 is 41.3 Å². The molecule has 30 heavy (non-hydrogen) atoms. The van der Waals surface area contributed by atoms with E-state index in [1.165, 1.54) is 5.56 Å². The van der Waals surface area contributed by atoms with Crippen LogP contribution in [0.5, 0.6) is 0 Å². The van der Waals surface area contributed by atoms with Gasteiger partial charge in [0.15, 0.2) is 11.7 Å². The second-order valence-corrected chi connectivity index (χ2v) is 7.55. The summed E-state index contributed by atoms with van der Waals surface area (Å²) in [5.74, 6) is 0.506. The third kappa shape index (κ3) is 7.67. The molecule has 0 atom stereocenters. The van der Waals surface area contributed by atoms with Crippen LogP contribution < -0.4 is 10.6 Å². The molecule has 0 saturated carbocycles. The molecule has 2 N–H and O–H groups in total. The molecule has 1 fully saturated rings. The topological polar surface area (TPSA) is 61.8 Å². The van der Waals surface area contributed by atoms with E-state index in [1.54, 1.807) is 7.05 Å². The predicted molar refractivity (Wildman–Crippen MR) is 122 cm³/mol. The lowest BCUT2D eigenvalue weighted by Crippen LogP contribution is -2.36. The molecule has 1 aliphatic rings. The Morgan fingerprint density at radius 3 is 2.37 bits per heavy atom. The standard InChI is InChI=1S/C19H24F3N5OS.HI/c1-23-18(25-11-17-26-16(13-29-17)19(20,21)22)24-10-14-2-4-15(5-3-14)12-27-6-8-28-9-7-27;/h2-5,13H,6-12H2,1H3,(H2,23,24,25);1H. The van der Waals surface area contributed by atoms with Gasteiger partial charge in [0.1, 0.15) is 5.01 Å². The minimum atomic E-state index is -4.41. The summed E-state index contributed by atoms with van der Waals surface area (Å²) in [6, 6.07) is 8.34. The number of thiazole rings is 1. The Bertz CT molecular complexity index is 807. The molecule has 2 heterocycles. The van der Waals surface area contributed by atoms with Crippen LogP contribution in [0.15, 0.2) is 34.6 Å². The predicted octanol–water partition coefficient (Wildman–Crippen LogP) is 3.48. The van der Waals surface area contributed by atoms with Crippen molar-refractivity contribution < 1.29 is 17.9 Å². The summed E-state index contributed by atoms with van der Waals surface area (Å²) in [7, 11) is 1.61. The zero-order chi connectivity index (χ0) is 20.7. The zero-order valence-electron chi connectivity index (χ0n) is 16.5. The Labute approximate surface area is 195 Å². The van der Waals surface area contributed by atoms with Gasteiger partial charge in [-0.3, -0.25) is 9.89 Å². The van der Waals surface area contributed by atoms with Gasteiger partial charge in [-0.25, -0.2) is 4.98 Å². The Hall–Kier alpha value is -1.44. The molecule has 0 amide bonds. The first kappa shape index (κ1) is 24.8. The number of aliphatic imine (C=N–C) groups is 1. The molecule has 0 spiro atoms. The summed E-state index contributed by atoms with van der Waals surface area (Å²) in [6.07, 6.45) is -4.41. The molecule has 166 valence electrons. The minimum absolute atomic E-state index is 0. The van der Waals surface area contributed by atoms with Crippen LogP contribution >= 0.6 is 35.3 Å². The molecule has 6 nitrogen and oxygen atoms in total. The number of hydrogen-bond acceptors (Lipinski definition) is 5. The molecule has 1 aliphatic heterocycles. The zero-order valence-corrected chi connectivity index (χ0v) is 19.7. The maximum absolute atomic E-state index is 12.6. The second kappa shape index (κ2) is 11.8. The summed E-state index contributed by atoms with van der Waals surface area (Å²) >= 11 is 0.971. The molecule has 0 aliphatic carbocycles. The van der Waals surface area contributed by atoms with Gasteiger partial charge in [0.05, 0.1) is 19.8 Å². The lowest BCUT2D eigenvalue weighted by molar-refractivity contribution is -0.140. The Kier molecular flexibility index (Phi) is 9.78. The highest BCUT2D eigenvalue weighted by molar-refractivity contribution is 14.0. The largest absolute Gasteiger partial charge is 0.434 e. The fourth-order valence-electron chi connectivity index (χ4n) is 2.87. The SMILES string of the molecule is CN=C(NCc1ccc(CN2CCOCC2)cc1)NCc1nc(C(F)(F)F)cs1.I.